The molecule has 0 saturated carbocycles. The highest BCUT2D eigenvalue weighted by Crippen LogP contribution is 2.25. The van der Waals surface area contributed by atoms with Gasteiger partial charge in [-0.2, -0.15) is 0 Å². The summed E-state index contributed by atoms with van der Waals surface area (Å²) in [6, 6.07) is 17.2. The molecule has 1 aliphatic heterocycles. The molecule has 0 aliphatic carbocycles. The number of carboxylic acid groups (broad SMARTS) is 1. The van der Waals surface area contributed by atoms with Gasteiger partial charge in [-0.3, -0.25) is 14.5 Å². The van der Waals surface area contributed by atoms with Gasteiger partial charge in [0.15, 0.2) is 0 Å². The van der Waals surface area contributed by atoms with Crippen LogP contribution in [-0.4, -0.2) is 59.6 Å². The first kappa shape index (κ1) is 26.5. The molecule has 4 N–H and O–H groups in total. The highest BCUT2D eigenvalue weighted by molar-refractivity contribution is 5.93. The van der Waals surface area contributed by atoms with E-state index < -0.39 is 5.97 Å². The number of nitrogens with two attached hydrogens (primary N) is 1. The Morgan fingerprint density at radius 2 is 1.89 bits per heavy atom. The van der Waals surface area contributed by atoms with E-state index >= 15 is 0 Å². The number of benzene rings is 2. The number of hydrogen-bond donors (Lipinski definition) is 3. The van der Waals surface area contributed by atoms with Gasteiger partial charge in [0, 0.05) is 37.9 Å². The number of amides is 2. The number of aryl methyl sites for hydroxylation is 1. The summed E-state index contributed by atoms with van der Waals surface area (Å²) in [6.07, 6.45) is 1.99. The number of morpholine rings is 1. The zero-order valence-electron chi connectivity index (χ0n) is 20.1. The van der Waals surface area contributed by atoms with Gasteiger partial charge in [0.2, 0.25) is 12.3 Å². The number of hydrogen-bond acceptors (Lipinski definition) is 6. The average molecular weight is 491 g/mol. The van der Waals surface area contributed by atoms with Crippen LogP contribution in [0.2, 0.25) is 0 Å². The summed E-state index contributed by atoms with van der Waals surface area (Å²) in [5.41, 5.74) is 11.3. The van der Waals surface area contributed by atoms with Crippen LogP contribution in [0.1, 0.15) is 37.5 Å². The zero-order chi connectivity index (χ0) is 25.9. The predicted molar refractivity (Wildman–Crippen MR) is 135 cm³/mol. The van der Waals surface area contributed by atoms with Crippen molar-refractivity contribution in [2.24, 2.45) is 5.73 Å². The monoisotopic (exact) mass is 490 g/mol. The lowest BCUT2D eigenvalue weighted by Gasteiger charge is -2.26. The molecule has 4 rings (SSSR count). The minimum absolute atomic E-state index is 0.00477. The third-order valence-electron chi connectivity index (χ3n) is 5.69. The largest absolute Gasteiger partial charge is 0.477 e. The number of aromatic carboxylic acids is 1. The fourth-order valence-corrected chi connectivity index (χ4v) is 3.81. The molecule has 2 aromatic carbocycles. The number of pyridine rings is 1. The lowest BCUT2D eigenvalue weighted by molar-refractivity contribution is -0.109. The number of carboxylic acids is 1. The van der Waals surface area contributed by atoms with Gasteiger partial charge in [-0.15, -0.1) is 0 Å². The van der Waals surface area contributed by atoms with Crippen molar-refractivity contribution in [2.75, 3.05) is 26.3 Å². The SMILES string of the molecule is Cc1cc(C(N)=O)ccc1-c1cccc(CN2CCOCC2)c1.O=CNCc1ccc(C(=O)O)nc1. The van der Waals surface area contributed by atoms with Crippen molar-refractivity contribution in [3.05, 3.63) is 88.7 Å². The van der Waals surface area contributed by atoms with Crippen LogP contribution in [0, 0.1) is 6.92 Å². The Balaban J connectivity index is 0.000000236. The van der Waals surface area contributed by atoms with Crippen molar-refractivity contribution in [2.45, 2.75) is 20.0 Å². The topological polar surface area (TPSA) is 135 Å². The summed E-state index contributed by atoms with van der Waals surface area (Å²) in [5, 5.41) is 11.0. The molecule has 9 heteroatoms. The van der Waals surface area contributed by atoms with Crippen LogP contribution >= 0.6 is 0 Å². The average Bonchev–Trinajstić information content (AvgIpc) is 2.88. The lowest BCUT2D eigenvalue weighted by Crippen LogP contribution is -2.35. The van der Waals surface area contributed by atoms with Crippen LogP contribution in [0.4, 0.5) is 0 Å². The molecule has 1 aromatic heterocycles. The van der Waals surface area contributed by atoms with Crippen LogP contribution in [0.15, 0.2) is 60.8 Å². The second kappa shape index (κ2) is 13.1. The normalized spacial score (nSPS) is 13.2. The highest BCUT2D eigenvalue weighted by atomic mass is 16.5. The molecule has 9 nitrogen and oxygen atoms in total. The first-order valence-electron chi connectivity index (χ1n) is 11.5. The van der Waals surface area contributed by atoms with E-state index in [9.17, 15) is 14.4 Å². The molecular formula is C27H30N4O5. The van der Waals surface area contributed by atoms with Crippen molar-refractivity contribution in [3.63, 3.8) is 0 Å². The van der Waals surface area contributed by atoms with E-state index in [1.54, 1.807) is 12.1 Å². The molecule has 1 fully saturated rings. The Morgan fingerprint density at radius 3 is 2.50 bits per heavy atom. The Hall–Kier alpha value is -4.08. The highest BCUT2D eigenvalue weighted by Gasteiger charge is 2.12. The summed E-state index contributed by atoms with van der Waals surface area (Å²) in [6.45, 7) is 6.90. The summed E-state index contributed by atoms with van der Waals surface area (Å²) < 4.78 is 5.40. The summed E-state index contributed by atoms with van der Waals surface area (Å²) in [4.78, 5) is 37.7. The fourth-order valence-electron chi connectivity index (χ4n) is 3.81. The molecular weight excluding hydrogens is 460 g/mol. The van der Waals surface area contributed by atoms with E-state index in [-0.39, 0.29) is 11.6 Å². The van der Waals surface area contributed by atoms with Gasteiger partial charge in [-0.05, 0) is 59.0 Å². The molecule has 1 aliphatic rings. The van der Waals surface area contributed by atoms with Crippen LogP contribution in [0.3, 0.4) is 0 Å². The van der Waals surface area contributed by atoms with Gasteiger partial charge in [0.05, 0.1) is 13.2 Å². The first-order chi connectivity index (χ1) is 17.4. The van der Waals surface area contributed by atoms with E-state index in [0.29, 0.717) is 18.5 Å². The molecule has 0 bridgehead atoms. The molecule has 0 unspecified atom stereocenters. The van der Waals surface area contributed by atoms with Gasteiger partial charge >= 0.3 is 5.97 Å². The van der Waals surface area contributed by atoms with E-state index in [4.69, 9.17) is 15.6 Å². The van der Waals surface area contributed by atoms with Gasteiger partial charge in [-0.25, -0.2) is 9.78 Å². The summed E-state index contributed by atoms with van der Waals surface area (Å²) in [7, 11) is 0. The van der Waals surface area contributed by atoms with E-state index in [2.05, 4.69) is 39.5 Å². The summed E-state index contributed by atoms with van der Waals surface area (Å²) in [5.74, 6) is -1.45. The van der Waals surface area contributed by atoms with Crippen molar-refractivity contribution in [1.82, 2.24) is 15.2 Å². The zero-order valence-corrected chi connectivity index (χ0v) is 20.1. The van der Waals surface area contributed by atoms with E-state index in [1.807, 2.05) is 19.1 Å². The van der Waals surface area contributed by atoms with Crippen LogP contribution in [0.5, 0.6) is 0 Å². The number of rotatable bonds is 8. The molecule has 36 heavy (non-hydrogen) atoms. The van der Waals surface area contributed by atoms with Crippen LogP contribution in [-0.2, 0) is 22.6 Å². The molecule has 2 amide bonds. The van der Waals surface area contributed by atoms with Crippen molar-refractivity contribution in [1.29, 1.82) is 0 Å². The third kappa shape index (κ3) is 7.72. The van der Waals surface area contributed by atoms with Crippen molar-refractivity contribution < 1.29 is 24.2 Å². The maximum absolute atomic E-state index is 11.3. The number of aromatic nitrogens is 1. The number of nitrogens with one attached hydrogen (secondary N) is 1. The molecule has 0 atom stereocenters. The number of nitrogens with zero attached hydrogens (tertiary/aromatic N) is 2. The molecule has 0 spiro atoms. The Bertz CT molecular complexity index is 1190. The quantitative estimate of drug-likeness (QED) is 0.413. The van der Waals surface area contributed by atoms with E-state index in [1.165, 1.54) is 23.4 Å². The molecule has 2 heterocycles. The van der Waals surface area contributed by atoms with Crippen molar-refractivity contribution in [3.8, 4) is 11.1 Å². The standard InChI is InChI=1S/C19H22N2O2.C8H8N2O3/c1-14-11-17(19(20)22)5-6-18(14)16-4-2-3-15(12-16)13-21-7-9-23-10-8-21;11-5-9-3-6-1-2-7(8(12)13)10-4-6/h2-6,11-12H,7-10,13H2,1H3,(H2,20,22);1-2,4-5H,3H2,(H,9,11)(H,12,13). The lowest BCUT2D eigenvalue weighted by atomic mass is 9.97. The maximum atomic E-state index is 11.3. The molecule has 1 saturated heterocycles. The second-order valence-electron chi connectivity index (χ2n) is 8.34. The van der Waals surface area contributed by atoms with E-state index in [0.717, 1.165) is 49.5 Å². The molecule has 3 aromatic rings. The number of carbonyl (C=O) groups is 3. The number of primary amides is 1. The number of ether oxygens (including phenoxy) is 1. The van der Waals surface area contributed by atoms with Gasteiger partial charge in [0.1, 0.15) is 5.69 Å². The Kier molecular flexibility index (Phi) is 9.67. The minimum atomic E-state index is -1.06. The van der Waals surface area contributed by atoms with Crippen molar-refractivity contribution >= 4 is 18.3 Å². The van der Waals surface area contributed by atoms with Gasteiger partial charge in [0.25, 0.3) is 0 Å². The summed E-state index contributed by atoms with van der Waals surface area (Å²) >= 11 is 0. The third-order valence-corrected chi connectivity index (χ3v) is 5.69. The van der Waals surface area contributed by atoms with Gasteiger partial charge in [-0.1, -0.05) is 30.3 Å². The predicted octanol–water partition coefficient (Wildman–Crippen LogP) is 2.62. The fraction of sp³-hybridized carbons (Fsp3) is 0.259. The molecule has 0 radical (unpaired) electrons. The first-order valence-corrected chi connectivity index (χ1v) is 11.5. The van der Waals surface area contributed by atoms with Gasteiger partial charge < -0.3 is 20.9 Å². The molecule has 188 valence electrons. The Morgan fingerprint density at radius 1 is 1.11 bits per heavy atom. The minimum Gasteiger partial charge on any atom is -0.477 e. The smallest absolute Gasteiger partial charge is 0.354 e. The Labute approximate surface area is 209 Å². The second-order valence-corrected chi connectivity index (χ2v) is 8.34. The van der Waals surface area contributed by atoms with Crippen LogP contribution < -0.4 is 11.1 Å². The number of carbonyl (C=O) groups excluding carboxylic acids is 2. The maximum Gasteiger partial charge on any atom is 0.354 e. The van der Waals surface area contributed by atoms with Crippen LogP contribution in [0.25, 0.3) is 11.1 Å².